The molecule has 4 nitrogen and oxygen atoms in total. The molecule has 0 fully saturated rings. The summed E-state index contributed by atoms with van der Waals surface area (Å²) in [5.74, 6) is -0.169. The van der Waals surface area contributed by atoms with Gasteiger partial charge in [-0.3, -0.25) is 9.45 Å². The Hall–Kier alpha value is -0.880. The fourth-order valence-corrected chi connectivity index (χ4v) is 2.93. The van der Waals surface area contributed by atoms with Gasteiger partial charge in [0.05, 0.1) is 5.75 Å². The Balaban J connectivity index is 1.85. The van der Waals surface area contributed by atoms with Gasteiger partial charge >= 0.3 is 0 Å². The average molecular weight is 316 g/mol. The highest BCUT2D eigenvalue weighted by Gasteiger charge is 2.13. The number of hydrogen-bond donors (Lipinski definition) is 1. The van der Waals surface area contributed by atoms with Crippen molar-refractivity contribution in [2.45, 2.75) is 12.8 Å². The van der Waals surface area contributed by atoms with E-state index in [4.69, 9.17) is 16.2 Å². The molecule has 0 bridgehead atoms. The van der Waals surface area contributed by atoms with E-state index in [1.165, 1.54) is 11.1 Å². The minimum Gasteiger partial charge on any atom is -0.299 e. The molecule has 1 N–H and O–H groups in total. The molecule has 0 saturated carbocycles. The molecule has 1 aliphatic heterocycles. The molecule has 110 valence electrons. The molecule has 1 aliphatic rings. The molecule has 1 heterocycles. The van der Waals surface area contributed by atoms with E-state index < -0.39 is 10.1 Å². The van der Waals surface area contributed by atoms with Crippen LogP contribution in [0.15, 0.2) is 30.3 Å². The average Bonchev–Trinajstić information content (AvgIpc) is 2.39. The lowest BCUT2D eigenvalue weighted by Crippen LogP contribution is -2.30. The summed E-state index contributed by atoms with van der Waals surface area (Å²) in [6, 6.07) is 7.80. The maximum atomic E-state index is 10.7. The number of benzene rings is 1. The smallest absolute Gasteiger partial charge is 0.264 e. The highest BCUT2D eigenvalue weighted by molar-refractivity contribution is 7.85. The SMILES string of the molecule is O=S(=O)(O)CCCN1CC=C(c2ccc(Cl)cc2)CC1. The van der Waals surface area contributed by atoms with Crippen molar-refractivity contribution in [2.24, 2.45) is 0 Å². The molecule has 1 aromatic carbocycles. The van der Waals surface area contributed by atoms with Crippen molar-refractivity contribution in [3.8, 4) is 0 Å². The van der Waals surface area contributed by atoms with Crippen molar-refractivity contribution < 1.29 is 13.0 Å². The molecule has 1 aromatic rings. The van der Waals surface area contributed by atoms with Crippen LogP contribution in [0.25, 0.3) is 5.57 Å². The molecule has 0 radical (unpaired) electrons. The van der Waals surface area contributed by atoms with Gasteiger partial charge in [0.1, 0.15) is 0 Å². The fourth-order valence-electron chi connectivity index (χ4n) is 2.31. The minimum absolute atomic E-state index is 0.169. The minimum atomic E-state index is -3.84. The maximum absolute atomic E-state index is 10.7. The summed E-state index contributed by atoms with van der Waals surface area (Å²) in [4.78, 5) is 2.19. The van der Waals surface area contributed by atoms with E-state index in [2.05, 4.69) is 11.0 Å². The van der Waals surface area contributed by atoms with Gasteiger partial charge in [0.15, 0.2) is 0 Å². The van der Waals surface area contributed by atoms with Crippen LogP contribution in [-0.4, -0.2) is 43.3 Å². The first-order valence-corrected chi connectivity index (χ1v) is 8.55. The van der Waals surface area contributed by atoms with Crippen LogP contribution in [0.5, 0.6) is 0 Å². The van der Waals surface area contributed by atoms with Gasteiger partial charge in [-0.1, -0.05) is 29.8 Å². The predicted molar refractivity (Wildman–Crippen MR) is 81.5 cm³/mol. The summed E-state index contributed by atoms with van der Waals surface area (Å²) in [5, 5.41) is 0.733. The van der Waals surface area contributed by atoms with Gasteiger partial charge in [-0.15, -0.1) is 0 Å². The Morgan fingerprint density at radius 3 is 2.50 bits per heavy atom. The van der Waals surface area contributed by atoms with E-state index in [1.54, 1.807) is 0 Å². The molecule has 0 saturated heterocycles. The van der Waals surface area contributed by atoms with Crippen molar-refractivity contribution >= 4 is 27.3 Å². The van der Waals surface area contributed by atoms with Crippen LogP contribution in [0.2, 0.25) is 5.02 Å². The van der Waals surface area contributed by atoms with Gasteiger partial charge in [0.2, 0.25) is 0 Å². The number of rotatable bonds is 5. The van der Waals surface area contributed by atoms with E-state index in [0.717, 1.165) is 24.5 Å². The van der Waals surface area contributed by atoms with Gasteiger partial charge in [0.25, 0.3) is 10.1 Å². The monoisotopic (exact) mass is 315 g/mol. The van der Waals surface area contributed by atoms with Crippen molar-refractivity contribution in [1.29, 1.82) is 0 Å². The van der Waals surface area contributed by atoms with Gasteiger partial charge in [0, 0.05) is 18.1 Å². The Morgan fingerprint density at radius 1 is 1.25 bits per heavy atom. The number of halogens is 1. The molecule has 0 spiro atoms. The molecule has 6 heteroatoms. The van der Waals surface area contributed by atoms with Crippen LogP contribution in [0.3, 0.4) is 0 Å². The molecule has 0 unspecified atom stereocenters. The van der Waals surface area contributed by atoms with Gasteiger partial charge < -0.3 is 0 Å². The van der Waals surface area contributed by atoms with Crippen LogP contribution in [0.4, 0.5) is 0 Å². The molecule has 0 aromatic heterocycles. The molecule has 0 atom stereocenters. The third-order valence-electron chi connectivity index (χ3n) is 3.38. The second-order valence-electron chi connectivity index (χ2n) is 4.93. The summed E-state index contributed by atoms with van der Waals surface area (Å²) in [7, 11) is -3.84. The van der Waals surface area contributed by atoms with Crippen LogP contribution < -0.4 is 0 Å². The van der Waals surface area contributed by atoms with E-state index in [1.807, 2.05) is 24.3 Å². The van der Waals surface area contributed by atoms with E-state index >= 15 is 0 Å². The highest BCUT2D eigenvalue weighted by Crippen LogP contribution is 2.23. The van der Waals surface area contributed by atoms with E-state index in [9.17, 15) is 8.42 Å². The zero-order valence-corrected chi connectivity index (χ0v) is 12.7. The molecule has 20 heavy (non-hydrogen) atoms. The summed E-state index contributed by atoms with van der Waals surface area (Å²) in [5.41, 5.74) is 2.49. The Kier molecular flexibility index (Phi) is 5.21. The zero-order valence-electron chi connectivity index (χ0n) is 11.1. The normalized spacial score (nSPS) is 17.0. The highest BCUT2D eigenvalue weighted by atomic mass is 35.5. The fraction of sp³-hybridized carbons (Fsp3) is 0.429. The third-order valence-corrected chi connectivity index (χ3v) is 4.44. The van der Waals surface area contributed by atoms with Crippen molar-refractivity contribution in [2.75, 3.05) is 25.4 Å². The standard InChI is InChI=1S/C14H18ClNO3S/c15-14-4-2-12(3-5-14)13-6-9-16(10-7-13)8-1-11-20(17,18)19/h2-6H,1,7-11H2,(H,17,18,19). The molecule has 0 amide bonds. The van der Waals surface area contributed by atoms with Gasteiger partial charge in [-0.2, -0.15) is 8.42 Å². The molecular formula is C14H18ClNO3S. The first kappa shape index (κ1) is 15.5. The topological polar surface area (TPSA) is 57.6 Å². The quantitative estimate of drug-likeness (QED) is 0.849. The second kappa shape index (κ2) is 6.72. The summed E-state index contributed by atoms with van der Waals surface area (Å²) in [6.07, 6.45) is 3.57. The lowest BCUT2D eigenvalue weighted by atomic mass is 9.99. The van der Waals surface area contributed by atoms with E-state index in [0.29, 0.717) is 13.0 Å². The van der Waals surface area contributed by atoms with Crippen LogP contribution in [0, 0.1) is 0 Å². The van der Waals surface area contributed by atoms with Crippen LogP contribution in [-0.2, 0) is 10.1 Å². The van der Waals surface area contributed by atoms with Gasteiger partial charge in [-0.25, -0.2) is 0 Å². The maximum Gasteiger partial charge on any atom is 0.264 e. The molecular weight excluding hydrogens is 298 g/mol. The number of nitrogens with zero attached hydrogens (tertiary/aromatic N) is 1. The Morgan fingerprint density at radius 2 is 1.95 bits per heavy atom. The largest absolute Gasteiger partial charge is 0.299 e. The molecule has 0 aliphatic carbocycles. The third kappa shape index (κ3) is 4.90. The summed E-state index contributed by atoms with van der Waals surface area (Å²) in [6.45, 7) is 2.40. The van der Waals surface area contributed by atoms with Crippen LogP contribution in [0.1, 0.15) is 18.4 Å². The van der Waals surface area contributed by atoms with Crippen LogP contribution >= 0.6 is 11.6 Å². The van der Waals surface area contributed by atoms with E-state index in [-0.39, 0.29) is 5.75 Å². The first-order valence-electron chi connectivity index (χ1n) is 6.56. The van der Waals surface area contributed by atoms with Crippen molar-refractivity contribution in [3.05, 3.63) is 40.9 Å². The molecule has 2 rings (SSSR count). The number of hydrogen-bond acceptors (Lipinski definition) is 3. The Labute approximate surface area is 124 Å². The zero-order chi connectivity index (χ0) is 14.6. The van der Waals surface area contributed by atoms with Crippen molar-refractivity contribution in [3.63, 3.8) is 0 Å². The lowest BCUT2D eigenvalue weighted by molar-refractivity contribution is 0.302. The summed E-state index contributed by atoms with van der Waals surface area (Å²) < 4.78 is 30.0. The predicted octanol–water partition coefficient (Wildman–Crippen LogP) is 2.71. The summed E-state index contributed by atoms with van der Waals surface area (Å²) >= 11 is 5.87. The Bertz CT molecular complexity index is 581. The van der Waals surface area contributed by atoms with Gasteiger partial charge in [-0.05, 0) is 42.7 Å². The lowest BCUT2D eigenvalue weighted by Gasteiger charge is -2.26. The van der Waals surface area contributed by atoms with Crippen molar-refractivity contribution in [1.82, 2.24) is 4.90 Å². The first-order chi connectivity index (χ1) is 9.44. The second-order valence-corrected chi connectivity index (χ2v) is 6.93.